The Hall–Kier alpha value is 1.03. The predicted octanol–water partition coefficient (Wildman–Crippen LogP) is 4.07. The highest BCUT2D eigenvalue weighted by Gasteiger charge is 2.10. The molecule has 0 aliphatic heterocycles. The molecule has 0 saturated heterocycles. The third kappa shape index (κ3) is 4.26. The van der Waals surface area contributed by atoms with Gasteiger partial charge in [-0.1, -0.05) is 46.7 Å². The maximum atomic E-state index is 5.89. The molecule has 0 bridgehead atoms. The average Bonchev–Trinajstić information content (AvgIpc) is 2.15. The Kier molecular flexibility index (Phi) is 6.15. The smallest absolute Gasteiger partial charge is 0.110 e. The lowest BCUT2D eigenvalue weighted by atomic mass is 10.2. The molecule has 0 aromatic heterocycles. The average molecular weight is 304 g/mol. The van der Waals surface area contributed by atoms with Crippen LogP contribution in [0, 0.1) is 0 Å². The van der Waals surface area contributed by atoms with E-state index < -0.39 is 6.63 Å². The molecule has 1 aromatic rings. The highest BCUT2D eigenvalue weighted by Crippen LogP contribution is 2.46. The zero-order valence-electron chi connectivity index (χ0n) is 7.05. The quantitative estimate of drug-likeness (QED) is 0.447. The summed E-state index contributed by atoms with van der Waals surface area (Å²) in [5.41, 5.74) is 1.15. The van der Waals surface area contributed by atoms with Gasteiger partial charge in [0.1, 0.15) is 6.63 Å². The van der Waals surface area contributed by atoms with Crippen LogP contribution in [-0.4, -0.2) is 14.0 Å². The third-order valence-electron chi connectivity index (χ3n) is 1.62. The molecule has 76 valence electrons. The number of rotatable bonds is 4. The molecule has 6 heteroatoms. The van der Waals surface area contributed by atoms with Crippen molar-refractivity contribution >= 4 is 67.1 Å². The van der Waals surface area contributed by atoms with E-state index in [9.17, 15) is 0 Å². The van der Waals surface area contributed by atoms with E-state index in [4.69, 9.17) is 45.7 Å². The molecule has 0 spiro atoms. The largest absolute Gasteiger partial charge is 0.117 e. The molecule has 14 heavy (non-hydrogen) atoms. The molecule has 1 rings (SSSR count). The van der Waals surface area contributed by atoms with Gasteiger partial charge in [-0.05, 0) is 11.6 Å². The van der Waals surface area contributed by atoms with Gasteiger partial charge in [0, 0.05) is 5.30 Å². The van der Waals surface area contributed by atoms with Crippen LogP contribution in [-0.2, 0) is 6.04 Å². The lowest BCUT2D eigenvalue weighted by molar-refractivity contribution is 1.40. The molecule has 0 saturated carbocycles. The van der Waals surface area contributed by atoms with Gasteiger partial charge < -0.3 is 0 Å². The van der Waals surface area contributed by atoms with E-state index in [0.717, 1.165) is 16.9 Å². The fraction of sp³-hybridized carbons (Fsp3) is 0.250. The van der Waals surface area contributed by atoms with Crippen LogP contribution in [0.1, 0.15) is 5.56 Å². The lowest BCUT2D eigenvalue weighted by Crippen LogP contribution is -2.12. The van der Waals surface area contributed by atoms with Crippen molar-refractivity contribution in [2.24, 2.45) is 0 Å². The Morgan fingerprint density at radius 2 is 1.86 bits per heavy atom. The molecule has 0 amide bonds. The summed E-state index contributed by atoms with van der Waals surface area (Å²) in [6.07, 6.45) is 0. The second kappa shape index (κ2) is 6.58. The zero-order valence-corrected chi connectivity index (χ0v) is 12.0. The first-order valence-electron chi connectivity index (χ1n) is 3.82. The summed E-state index contributed by atoms with van der Waals surface area (Å²) in [5, 5.41) is 1.01. The Morgan fingerprint density at radius 1 is 1.21 bits per heavy atom. The van der Waals surface area contributed by atoms with Crippen LogP contribution < -0.4 is 5.30 Å². The van der Waals surface area contributed by atoms with E-state index in [-0.39, 0.29) is 4.46 Å². The summed E-state index contributed by atoms with van der Waals surface area (Å²) in [7, 11) is 0.479. The van der Waals surface area contributed by atoms with Crippen LogP contribution in [0.15, 0.2) is 24.3 Å². The zero-order chi connectivity index (χ0) is 10.6. The van der Waals surface area contributed by atoms with Gasteiger partial charge in [0.15, 0.2) is 0 Å². The van der Waals surface area contributed by atoms with Crippen LogP contribution in [0.3, 0.4) is 0 Å². The fourth-order valence-corrected chi connectivity index (χ4v) is 3.87. The molecule has 0 aliphatic rings. The van der Waals surface area contributed by atoms with Crippen molar-refractivity contribution in [1.29, 1.82) is 0 Å². The Balaban J connectivity index is 2.74. The molecule has 0 fully saturated rings. The summed E-state index contributed by atoms with van der Waals surface area (Å²) < 4.78 is -0.306. The van der Waals surface area contributed by atoms with Gasteiger partial charge in [-0.25, -0.2) is 0 Å². The number of halogens is 4. The standard InChI is InChI=1S/C8H7Cl4PSi/c9-8(10)14-5-6-3-1-2-4-7(6)13(11)12/h1-4,8H,5H2. The van der Waals surface area contributed by atoms with E-state index in [2.05, 4.69) is 0 Å². The molecule has 0 nitrogen and oxygen atoms in total. The van der Waals surface area contributed by atoms with Crippen LogP contribution in [0.2, 0.25) is 0 Å². The fourth-order valence-electron chi connectivity index (χ4n) is 1.01. The molecule has 0 heterocycles. The van der Waals surface area contributed by atoms with Crippen molar-refractivity contribution in [3.63, 3.8) is 0 Å². The molecule has 0 N–H and O–H groups in total. The highest BCUT2D eigenvalue weighted by molar-refractivity contribution is 8.08. The maximum Gasteiger partial charge on any atom is 0.117 e. The Labute approximate surface area is 107 Å². The van der Waals surface area contributed by atoms with Crippen molar-refractivity contribution in [2.75, 3.05) is 0 Å². The van der Waals surface area contributed by atoms with Crippen molar-refractivity contribution < 1.29 is 0 Å². The predicted molar refractivity (Wildman–Crippen MR) is 69.7 cm³/mol. The van der Waals surface area contributed by atoms with Gasteiger partial charge in [-0.2, -0.15) is 0 Å². The van der Waals surface area contributed by atoms with Crippen molar-refractivity contribution in [1.82, 2.24) is 0 Å². The second-order valence-corrected chi connectivity index (χ2v) is 9.21. The summed E-state index contributed by atoms with van der Waals surface area (Å²) in [4.78, 5) is 0. The summed E-state index contributed by atoms with van der Waals surface area (Å²) in [5.74, 6) is 0. The minimum absolute atomic E-state index is 0.306. The van der Waals surface area contributed by atoms with Crippen molar-refractivity contribution in [2.45, 2.75) is 10.5 Å². The van der Waals surface area contributed by atoms with E-state index >= 15 is 0 Å². The van der Waals surface area contributed by atoms with Crippen LogP contribution in [0.5, 0.6) is 0 Å². The van der Waals surface area contributed by atoms with E-state index in [1.807, 2.05) is 24.3 Å². The molecule has 0 atom stereocenters. The van der Waals surface area contributed by atoms with Crippen molar-refractivity contribution in [3.05, 3.63) is 29.8 Å². The first-order chi connectivity index (χ1) is 6.61. The van der Waals surface area contributed by atoms with Gasteiger partial charge in [0.25, 0.3) is 0 Å². The summed E-state index contributed by atoms with van der Waals surface area (Å²) >= 11 is 23.1. The minimum Gasteiger partial charge on any atom is -0.110 e. The monoisotopic (exact) mass is 302 g/mol. The molecule has 2 radical (unpaired) electrons. The third-order valence-corrected chi connectivity index (χ3v) is 5.33. The molecule has 1 aromatic carbocycles. The first kappa shape index (κ1) is 13.1. The SMILES string of the molecule is ClC(Cl)[Si]Cc1ccccc1P(Cl)Cl. The number of benzene rings is 1. The molecule has 0 aliphatic carbocycles. The molecular formula is C8H7Cl4PSi. The highest BCUT2D eigenvalue weighted by atomic mass is 35.9. The molecule has 0 unspecified atom stereocenters. The van der Waals surface area contributed by atoms with Gasteiger partial charge >= 0.3 is 0 Å². The van der Waals surface area contributed by atoms with Crippen LogP contribution in [0.25, 0.3) is 0 Å². The maximum absolute atomic E-state index is 5.89. The van der Waals surface area contributed by atoms with E-state index in [1.54, 1.807) is 0 Å². The first-order valence-corrected chi connectivity index (χ1v) is 9.13. The number of alkyl halides is 2. The summed E-state index contributed by atoms with van der Waals surface area (Å²) in [6.45, 7) is -1.08. The topological polar surface area (TPSA) is 0 Å². The minimum atomic E-state index is -1.08. The van der Waals surface area contributed by atoms with Gasteiger partial charge in [-0.3, -0.25) is 0 Å². The molecular weight excluding hydrogens is 297 g/mol. The van der Waals surface area contributed by atoms with E-state index in [0.29, 0.717) is 9.52 Å². The van der Waals surface area contributed by atoms with E-state index in [1.165, 1.54) is 0 Å². The summed E-state index contributed by atoms with van der Waals surface area (Å²) in [6, 6.07) is 8.70. The number of hydrogen-bond donors (Lipinski definition) is 0. The number of hydrogen-bond acceptors (Lipinski definition) is 0. The van der Waals surface area contributed by atoms with Crippen molar-refractivity contribution in [3.8, 4) is 0 Å². The van der Waals surface area contributed by atoms with Crippen LogP contribution in [0.4, 0.5) is 0 Å². The van der Waals surface area contributed by atoms with Gasteiger partial charge in [0.05, 0.1) is 14.0 Å². The second-order valence-electron chi connectivity index (χ2n) is 2.54. The Bertz CT molecular complexity index is 292. The lowest BCUT2D eigenvalue weighted by Gasteiger charge is -2.08. The van der Waals surface area contributed by atoms with Gasteiger partial charge in [0.2, 0.25) is 0 Å². The Morgan fingerprint density at radius 3 is 2.43 bits per heavy atom. The van der Waals surface area contributed by atoms with Gasteiger partial charge in [-0.15, -0.1) is 23.2 Å². The normalized spacial score (nSPS) is 11.3. The van der Waals surface area contributed by atoms with Crippen LogP contribution >= 0.6 is 52.3 Å².